The smallest absolute Gasteiger partial charge is 0.225 e. The Bertz CT molecular complexity index is 3510. The van der Waals surface area contributed by atoms with Crippen molar-refractivity contribution in [2.24, 2.45) is 0 Å². The molecule has 8 fully saturated rings. The van der Waals surface area contributed by atoms with Gasteiger partial charge in [0.05, 0.1) is 54.3 Å². The van der Waals surface area contributed by atoms with Gasteiger partial charge in [-0.2, -0.15) is 0 Å². The molecule has 15 rings (SSSR count). The highest BCUT2D eigenvalue weighted by atomic mass is 15.3. The van der Waals surface area contributed by atoms with Gasteiger partial charge in [0.15, 0.2) is 0 Å². The summed E-state index contributed by atoms with van der Waals surface area (Å²) in [7, 11) is 2.17. The molecule has 0 spiro atoms. The molecule has 26 heteroatoms. The molecule has 622 valence electrons. The fraction of sp³-hybridized carbons (Fsp3) is 0.614. The predicted octanol–water partition coefficient (Wildman–Crippen LogP) is 10.5. The second kappa shape index (κ2) is 49.4. The third kappa shape index (κ3) is 31.6. The summed E-state index contributed by atoms with van der Waals surface area (Å²) in [6.45, 7) is 65.0. The maximum absolute atomic E-state index is 4.47. The summed E-state index contributed by atoms with van der Waals surface area (Å²) < 4.78 is 0. The minimum atomic E-state index is 0.857. The van der Waals surface area contributed by atoms with Gasteiger partial charge in [-0.3, -0.25) is 29.7 Å². The maximum Gasteiger partial charge on any atom is 0.225 e. The topological polar surface area (TPSA) is 200 Å². The molecule has 26 nitrogen and oxygen atoms in total. The van der Waals surface area contributed by atoms with Crippen molar-refractivity contribution in [3.63, 3.8) is 0 Å². The lowest BCUT2D eigenvalue weighted by Gasteiger charge is -2.23. The minimum Gasteiger partial charge on any atom is -0.370 e. The fourth-order valence-electron chi connectivity index (χ4n) is 14.9. The third-order valence-corrected chi connectivity index (χ3v) is 22.2. The van der Waals surface area contributed by atoms with E-state index in [1.165, 1.54) is 122 Å². The first-order valence-corrected chi connectivity index (χ1v) is 42.8. The number of aryl methyl sites for hydroxylation is 7. The lowest BCUT2D eigenvalue weighted by molar-refractivity contribution is 0.283. The Morgan fingerprint density at radius 2 is 0.596 bits per heavy atom. The highest BCUT2D eigenvalue weighted by Crippen LogP contribution is 2.28. The largest absolute Gasteiger partial charge is 0.370 e. The predicted molar refractivity (Wildman–Crippen MR) is 471 cm³/mol. The van der Waals surface area contributed by atoms with Crippen LogP contribution in [0.2, 0.25) is 0 Å². The first-order valence-electron chi connectivity index (χ1n) is 42.8. The van der Waals surface area contributed by atoms with Gasteiger partial charge in [-0.25, -0.2) is 44.9 Å². The van der Waals surface area contributed by atoms with Crippen LogP contribution in [-0.2, 0) is 0 Å². The SMILES string of the molecule is C=CCN1CCCN(c2cnc(C)cn2)CC1.C=CCN1CCCN(c2ncc(C)cn2)CC1.CCN1CCCN(c2ccc(C)cc2)CC1.CCN1CCCN(c2cnc(C)cn2)CC1.CCN1CCCN(c2ncc(C)cn2)CC1.Cc1cnc(N2CCCN(C)CC2)nc1.Cc1cnc(N2CCCN(C3CC3)CC2)cn1. The van der Waals surface area contributed by atoms with E-state index in [0.717, 1.165) is 239 Å². The van der Waals surface area contributed by atoms with Gasteiger partial charge < -0.3 is 53.9 Å². The molecular weight excluding hydrogens is 1420 g/mol. The van der Waals surface area contributed by atoms with E-state index < -0.39 is 0 Å². The van der Waals surface area contributed by atoms with Crippen molar-refractivity contribution < 1.29 is 0 Å². The van der Waals surface area contributed by atoms with Crippen molar-refractivity contribution in [2.45, 2.75) is 133 Å². The van der Waals surface area contributed by atoms with Crippen LogP contribution in [-0.4, -0.2) is 323 Å². The number of benzene rings is 1. The molecule has 0 bridgehead atoms. The van der Waals surface area contributed by atoms with Crippen LogP contribution in [0.4, 0.5) is 41.0 Å². The Balaban J connectivity index is 0.000000152. The zero-order chi connectivity index (χ0) is 80.7. The summed E-state index contributed by atoms with van der Waals surface area (Å²) in [4.78, 5) is 86.3. The fourth-order valence-corrected chi connectivity index (χ4v) is 14.9. The van der Waals surface area contributed by atoms with Crippen LogP contribution in [0.3, 0.4) is 0 Å². The zero-order valence-electron chi connectivity index (χ0n) is 71.7. The summed E-state index contributed by atoms with van der Waals surface area (Å²) in [6, 6.07) is 9.79. The summed E-state index contributed by atoms with van der Waals surface area (Å²) in [5, 5.41) is 0. The average Bonchev–Trinajstić information content (AvgIpc) is 1.69. The number of likely N-dealkylation sites (N-methyl/N-ethyl adjacent to an activating group) is 4. The second-order valence-corrected chi connectivity index (χ2v) is 31.5. The van der Waals surface area contributed by atoms with E-state index in [1.807, 2.05) is 128 Å². The molecule has 0 unspecified atom stereocenters. The number of nitrogens with zero attached hydrogens (tertiary/aromatic N) is 26. The van der Waals surface area contributed by atoms with Crippen LogP contribution >= 0.6 is 0 Å². The van der Waals surface area contributed by atoms with Crippen molar-refractivity contribution >= 4 is 41.0 Å². The molecule has 0 radical (unpaired) electrons. The van der Waals surface area contributed by atoms with Gasteiger partial charge in [0.25, 0.3) is 0 Å². The maximum atomic E-state index is 4.47. The first-order chi connectivity index (χ1) is 55.5. The second-order valence-electron chi connectivity index (χ2n) is 31.5. The summed E-state index contributed by atoms with van der Waals surface area (Å²) in [5.41, 5.74) is 9.00. The highest BCUT2D eigenvalue weighted by Gasteiger charge is 2.30. The Morgan fingerprint density at radius 1 is 0.289 bits per heavy atom. The molecule has 8 aliphatic rings. The quantitative estimate of drug-likeness (QED) is 0.0877. The molecule has 7 aliphatic heterocycles. The molecule has 0 amide bonds. The number of hydrogen-bond acceptors (Lipinski definition) is 26. The molecular formula is C88H140N26. The van der Waals surface area contributed by atoms with E-state index in [2.05, 4.69) is 201 Å². The van der Waals surface area contributed by atoms with E-state index in [0.29, 0.717) is 0 Å². The molecule has 7 aromatic rings. The summed E-state index contributed by atoms with van der Waals surface area (Å²) >= 11 is 0. The van der Waals surface area contributed by atoms with Crippen molar-refractivity contribution in [1.82, 2.24) is 94.1 Å². The van der Waals surface area contributed by atoms with E-state index in [9.17, 15) is 0 Å². The van der Waals surface area contributed by atoms with Gasteiger partial charge in [-0.05, 0) is 188 Å². The van der Waals surface area contributed by atoms with Crippen molar-refractivity contribution in [3.8, 4) is 0 Å². The number of rotatable bonds is 15. The van der Waals surface area contributed by atoms with Gasteiger partial charge in [0.1, 0.15) is 17.5 Å². The van der Waals surface area contributed by atoms with E-state index in [1.54, 1.807) is 0 Å². The lowest BCUT2D eigenvalue weighted by atomic mass is 10.2. The van der Waals surface area contributed by atoms with Gasteiger partial charge in [0, 0.05) is 219 Å². The van der Waals surface area contributed by atoms with E-state index >= 15 is 0 Å². The third-order valence-electron chi connectivity index (χ3n) is 22.2. The van der Waals surface area contributed by atoms with Crippen LogP contribution in [0.15, 0.2) is 124 Å². The minimum absolute atomic E-state index is 0.857. The van der Waals surface area contributed by atoms with Crippen LogP contribution < -0.4 is 34.3 Å². The average molecular weight is 1560 g/mol. The number of anilines is 7. The molecule has 7 saturated heterocycles. The van der Waals surface area contributed by atoms with Crippen molar-refractivity contribution in [1.29, 1.82) is 0 Å². The molecule has 0 N–H and O–H groups in total. The molecule has 114 heavy (non-hydrogen) atoms. The Labute approximate surface area is 685 Å². The summed E-state index contributed by atoms with van der Waals surface area (Å²) in [6.07, 6.45) is 37.7. The standard InChI is InChI=1S/C14H22N2.3C13H20N4.2C12H20N4.C11H18N4/c1-3-15-9-4-10-16(12-11-15)14-7-5-13(2)6-8-14;1-11-9-15-13(10-14-11)17-6-2-5-16(7-8-17)12-3-4-12;1-3-5-16-6-4-7-17(9-8-16)13-11-14-12(2)10-15-13;1-3-5-16-6-4-7-17(9-8-16)13-14-10-12(2)11-15-13;1-3-15-5-4-6-16(8-7-15)12-10-13-11(2)9-14-12;1-3-15-5-4-6-16(8-7-15)12-13-9-11(2)10-14-12;1-10-8-12-11(13-9-10)15-5-3-4-14(2)6-7-15/h5-8H,3-4,9-12H2,1-2H3;9-10,12H,2-8H2,1H3;2*3,10-11H,1,4-9H2,2H3;2*9-10H,3-8H2,1-2H3;8-9H,3-7H2,1-2H3. The zero-order valence-corrected chi connectivity index (χ0v) is 71.7. The molecule has 1 aromatic carbocycles. The van der Waals surface area contributed by atoms with Crippen LogP contribution in [0.25, 0.3) is 0 Å². The lowest BCUT2D eigenvalue weighted by Crippen LogP contribution is -2.32. The van der Waals surface area contributed by atoms with Gasteiger partial charge in [-0.15, -0.1) is 13.2 Å². The van der Waals surface area contributed by atoms with Gasteiger partial charge in [-0.1, -0.05) is 50.6 Å². The molecule has 1 aliphatic carbocycles. The normalized spacial score (nSPS) is 19.0. The van der Waals surface area contributed by atoms with E-state index in [-0.39, 0.29) is 0 Å². The van der Waals surface area contributed by atoms with Crippen LogP contribution in [0.5, 0.6) is 0 Å². The highest BCUT2D eigenvalue weighted by molar-refractivity contribution is 5.48. The Morgan fingerprint density at radius 3 is 0.947 bits per heavy atom. The van der Waals surface area contributed by atoms with Crippen LogP contribution in [0.1, 0.15) is 118 Å². The van der Waals surface area contributed by atoms with Gasteiger partial charge >= 0.3 is 0 Å². The molecule has 1 saturated carbocycles. The summed E-state index contributed by atoms with van der Waals surface area (Å²) in [5.74, 6) is 5.66. The number of aromatic nitrogens is 12. The van der Waals surface area contributed by atoms with E-state index in [4.69, 9.17) is 0 Å². The Kier molecular flexibility index (Phi) is 38.8. The first kappa shape index (κ1) is 89.4. The molecule has 13 heterocycles. The Hall–Kier alpha value is -8.50. The van der Waals surface area contributed by atoms with Crippen molar-refractivity contribution in [3.05, 3.63) is 163 Å². The number of hydrogen-bond donors (Lipinski definition) is 0. The molecule has 6 aromatic heterocycles. The van der Waals surface area contributed by atoms with Crippen molar-refractivity contribution in [2.75, 3.05) is 257 Å². The van der Waals surface area contributed by atoms with Gasteiger partial charge in [0.2, 0.25) is 17.8 Å². The molecule has 0 atom stereocenters. The van der Waals surface area contributed by atoms with Crippen LogP contribution in [0, 0.1) is 48.5 Å². The monoisotopic (exact) mass is 1560 g/mol.